The highest BCUT2D eigenvalue weighted by Crippen LogP contribution is 2.22. The molecule has 0 heterocycles. The number of halogens is 1. The van der Waals surface area contributed by atoms with Crippen molar-refractivity contribution < 1.29 is 13.9 Å². The number of alkyl carbamates (subject to hydrolysis) is 1. The number of rotatable bonds is 3. The molecule has 0 aliphatic carbocycles. The molecule has 0 bridgehead atoms. The second-order valence-corrected chi connectivity index (χ2v) is 5.92. The van der Waals surface area contributed by atoms with E-state index in [9.17, 15) is 9.18 Å². The van der Waals surface area contributed by atoms with Gasteiger partial charge in [-0.1, -0.05) is 26.0 Å². The molecule has 0 aliphatic rings. The lowest BCUT2D eigenvalue weighted by molar-refractivity contribution is 0.0489. The highest BCUT2D eigenvalue weighted by molar-refractivity contribution is 5.68. The molecule has 1 atom stereocenters. The first-order chi connectivity index (χ1) is 8.69. The van der Waals surface area contributed by atoms with E-state index in [4.69, 9.17) is 4.74 Å². The maximum Gasteiger partial charge on any atom is 0.408 e. The average molecular weight is 267 g/mol. The monoisotopic (exact) mass is 267 g/mol. The molecule has 0 saturated heterocycles. The van der Waals surface area contributed by atoms with Gasteiger partial charge in [0, 0.05) is 0 Å². The van der Waals surface area contributed by atoms with Gasteiger partial charge in [0.25, 0.3) is 0 Å². The summed E-state index contributed by atoms with van der Waals surface area (Å²) in [5.41, 5.74) is 0.330. The first-order valence-corrected chi connectivity index (χ1v) is 6.44. The molecule has 106 valence electrons. The van der Waals surface area contributed by atoms with Crippen LogP contribution in [-0.4, -0.2) is 11.7 Å². The van der Waals surface area contributed by atoms with Crippen LogP contribution in [0.4, 0.5) is 9.18 Å². The summed E-state index contributed by atoms with van der Waals surface area (Å²) in [6.07, 6.45) is -0.462. The Morgan fingerprint density at radius 1 is 1.21 bits per heavy atom. The highest BCUT2D eigenvalue weighted by atomic mass is 19.1. The lowest BCUT2D eigenvalue weighted by atomic mass is 9.96. The molecule has 1 aromatic rings. The average Bonchev–Trinajstić information content (AvgIpc) is 2.24. The van der Waals surface area contributed by atoms with Gasteiger partial charge < -0.3 is 10.1 Å². The summed E-state index contributed by atoms with van der Waals surface area (Å²) in [7, 11) is 0. The molecular formula is C15H22FNO2. The second kappa shape index (κ2) is 6.04. The van der Waals surface area contributed by atoms with E-state index in [1.807, 2.05) is 34.6 Å². The van der Waals surface area contributed by atoms with Gasteiger partial charge in [0.2, 0.25) is 0 Å². The summed E-state index contributed by atoms with van der Waals surface area (Å²) >= 11 is 0. The summed E-state index contributed by atoms with van der Waals surface area (Å²) in [6, 6.07) is 5.94. The van der Waals surface area contributed by atoms with Crippen molar-refractivity contribution in [3.05, 3.63) is 35.6 Å². The zero-order valence-electron chi connectivity index (χ0n) is 12.2. The Morgan fingerprint density at radius 3 is 2.16 bits per heavy atom. The smallest absolute Gasteiger partial charge is 0.408 e. The molecule has 1 N–H and O–H groups in total. The Labute approximate surface area is 114 Å². The van der Waals surface area contributed by atoms with Crippen molar-refractivity contribution in [1.29, 1.82) is 0 Å². The minimum absolute atomic E-state index is 0.179. The second-order valence-electron chi connectivity index (χ2n) is 5.92. The molecule has 0 fully saturated rings. The summed E-state index contributed by atoms with van der Waals surface area (Å²) in [5.74, 6) is -0.110. The molecule has 0 aliphatic heterocycles. The SMILES string of the molecule is CC(C)C(NC(=O)OC(C)(C)C)c1ccc(F)cc1. The number of nitrogens with one attached hydrogen (secondary N) is 1. The lowest BCUT2D eigenvalue weighted by Crippen LogP contribution is -2.36. The summed E-state index contributed by atoms with van der Waals surface area (Å²) in [6.45, 7) is 9.43. The third-order valence-electron chi connectivity index (χ3n) is 2.57. The molecular weight excluding hydrogens is 245 g/mol. The van der Waals surface area contributed by atoms with Gasteiger partial charge in [0.05, 0.1) is 6.04 Å². The minimum atomic E-state index is -0.533. The maximum atomic E-state index is 12.9. The van der Waals surface area contributed by atoms with Crippen molar-refractivity contribution in [2.75, 3.05) is 0 Å². The van der Waals surface area contributed by atoms with Crippen LogP contribution in [-0.2, 0) is 4.74 Å². The number of hydrogen-bond donors (Lipinski definition) is 1. The van der Waals surface area contributed by atoms with Crippen molar-refractivity contribution >= 4 is 6.09 Å². The number of ether oxygens (including phenoxy) is 1. The Hall–Kier alpha value is -1.58. The molecule has 0 radical (unpaired) electrons. The van der Waals surface area contributed by atoms with E-state index >= 15 is 0 Å². The molecule has 1 rings (SSSR count). The number of carbonyl (C=O) groups is 1. The van der Waals surface area contributed by atoms with Crippen LogP contribution < -0.4 is 5.32 Å². The van der Waals surface area contributed by atoms with Crippen molar-refractivity contribution in [1.82, 2.24) is 5.32 Å². The first kappa shape index (κ1) is 15.5. The molecule has 1 unspecified atom stereocenters. The summed E-state index contributed by atoms with van der Waals surface area (Å²) in [5, 5.41) is 2.83. The molecule has 1 amide bonds. The van der Waals surface area contributed by atoms with Crippen LogP contribution in [0.5, 0.6) is 0 Å². The number of carbonyl (C=O) groups excluding carboxylic acids is 1. The standard InChI is InChI=1S/C15H22FNO2/c1-10(2)13(11-6-8-12(16)9-7-11)17-14(18)19-15(3,4)5/h6-10,13H,1-5H3,(H,17,18). The molecule has 1 aromatic carbocycles. The third-order valence-corrected chi connectivity index (χ3v) is 2.57. The van der Waals surface area contributed by atoms with Gasteiger partial charge in [-0.25, -0.2) is 9.18 Å². The first-order valence-electron chi connectivity index (χ1n) is 6.44. The van der Waals surface area contributed by atoms with Crippen molar-refractivity contribution in [3.63, 3.8) is 0 Å². The predicted molar refractivity (Wildman–Crippen MR) is 73.3 cm³/mol. The molecule has 4 heteroatoms. The third kappa shape index (κ3) is 5.28. The zero-order chi connectivity index (χ0) is 14.6. The number of amides is 1. The van der Waals surface area contributed by atoms with Crippen molar-refractivity contribution in [2.45, 2.75) is 46.3 Å². The van der Waals surface area contributed by atoms with E-state index in [1.165, 1.54) is 12.1 Å². The van der Waals surface area contributed by atoms with E-state index in [0.29, 0.717) is 0 Å². The van der Waals surface area contributed by atoms with Gasteiger partial charge in [-0.15, -0.1) is 0 Å². The Balaban J connectivity index is 2.79. The Morgan fingerprint density at radius 2 is 1.74 bits per heavy atom. The normalized spacial score (nSPS) is 13.2. The van der Waals surface area contributed by atoms with Crippen LogP contribution >= 0.6 is 0 Å². The topological polar surface area (TPSA) is 38.3 Å². The van der Waals surface area contributed by atoms with Gasteiger partial charge in [-0.05, 0) is 44.4 Å². The molecule has 3 nitrogen and oxygen atoms in total. The van der Waals surface area contributed by atoms with Crippen LogP contribution in [0.15, 0.2) is 24.3 Å². The lowest BCUT2D eigenvalue weighted by Gasteiger charge is -2.26. The largest absolute Gasteiger partial charge is 0.444 e. The van der Waals surface area contributed by atoms with Crippen LogP contribution in [0.2, 0.25) is 0 Å². The van der Waals surface area contributed by atoms with Crippen molar-refractivity contribution in [3.8, 4) is 0 Å². The molecule has 0 saturated carbocycles. The fraction of sp³-hybridized carbons (Fsp3) is 0.533. The van der Waals surface area contributed by atoms with E-state index in [2.05, 4.69) is 5.32 Å². The van der Waals surface area contributed by atoms with Crippen LogP contribution in [0, 0.1) is 11.7 Å². The summed E-state index contributed by atoms with van der Waals surface area (Å²) < 4.78 is 18.2. The quantitative estimate of drug-likeness (QED) is 0.897. The Kier molecular flexibility index (Phi) is 4.92. The van der Waals surface area contributed by atoms with Gasteiger partial charge in [-0.2, -0.15) is 0 Å². The highest BCUT2D eigenvalue weighted by Gasteiger charge is 2.22. The van der Waals surface area contributed by atoms with Crippen LogP contribution in [0.25, 0.3) is 0 Å². The summed E-state index contributed by atoms with van der Waals surface area (Å²) in [4.78, 5) is 11.8. The van der Waals surface area contributed by atoms with Gasteiger partial charge in [0.15, 0.2) is 0 Å². The van der Waals surface area contributed by atoms with Crippen LogP contribution in [0.3, 0.4) is 0 Å². The van der Waals surface area contributed by atoms with Gasteiger partial charge in [0.1, 0.15) is 11.4 Å². The fourth-order valence-electron chi connectivity index (χ4n) is 1.74. The predicted octanol–water partition coefficient (Wildman–Crippen LogP) is 4.05. The van der Waals surface area contributed by atoms with Gasteiger partial charge >= 0.3 is 6.09 Å². The molecule has 0 aromatic heterocycles. The number of hydrogen-bond acceptors (Lipinski definition) is 2. The van der Waals surface area contributed by atoms with E-state index in [1.54, 1.807) is 12.1 Å². The Bertz CT molecular complexity index is 421. The van der Waals surface area contributed by atoms with Crippen molar-refractivity contribution in [2.24, 2.45) is 5.92 Å². The van der Waals surface area contributed by atoms with E-state index in [-0.39, 0.29) is 17.8 Å². The number of benzene rings is 1. The van der Waals surface area contributed by atoms with Crippen LogP contribution in [0.1, 0.15) is 46.2 Å². The minimum Gasteiger partial charge on any atom is -0.444 e. The van der Waals surface area contributed by atoms with E-state index in [0.717, 1.165) is 5.56 Å². The molecule has 0 spiro atoms. The van der Waals surface area contributed by atoms with Gasteiger partial charge in [-0.3, -0.25) is 0 Å². The molecule has 19 heavy (non-hydrogen) atoms. The van der Waals surface area contributed by atoms with E-state index < -0.39 is 11.7 Å². The fourth-order valence-corrected chi connectivity index (χ4v) is 1.74. The maximum absolute atomic E-state index is 12.9. The zero-order valence-corrected chi connectivity index (χ0v) is 12.2.